The van der Waals surface area contributed by atoms with Gasteiger partial charge in [0.1, 0.15) is 0 Å². The van der Waals surface area contributed by atoms with Gasteiger partial charge in [0.05, 0.1) is 17.2 Å². The van der Waals surface area contributed by atoms with Gasteiger partial charge in [0.25, 0.3) is 0 Å². The van der Waals surface area contributed by atoms with Crippen molar-refractivity contribution in [2.75, 3.05) is 19.8 Å². The summed E-state index contributed by atoms with van der Waals surface area (Å²) in [7, 11) is 0. The van der Waals surface area contributed by atoms with Crippen LogP contribution in [0.5, 0.6) is 0 Å². The molecule has 1 heterocycles. The van der Waals surface area contributed by atoms with E-state index < -0.39 is 23.4 Å². The minimum Gasteiger partial charge on any atom is -0.381 e. The molecule has 0 amide bonds. The lowest BCUT2D eigenvalue weighted by atomic mass is 9.81. The lowest BCUT2D eigenvalue weighted by Crippen LogP contribution is -2.48. The fourth-order valence-corrected chi connectivity index (χ4v) is 2.86. The third-order valence-electron chi connectivity index (χ3n) is 3.94. The van der Waals surface area contributed by atoms with E-state index in [1.165, 1.54) is 12.1 Å². The maximum absolute atomic E-state index is 13.2. The first-order valence-electron chi connectivity index (χ1n) is 7.04. The van der Waals surface area contributed by atoms with Crippen molar-refractivity contribution in [1.82, 2.24) is 0 Å². The van der Waals surface area contributed by atoms with E-state index in [1.54, 1.807) is 6.07 Å². The molecule has 0 radical (unpaired) electrons. The van der Waals surface area contributed by atoms with Crippen LogP contribution in [-0.2, 0) is 15.7 Å². The van der Waals surface area contributed by atoms with Gasteiger partial charge in [-0.05, 0) is 18.6 Å². The largest absolute Gasteiger partial charge is 0.416 e. The molecule has 1 unspecified atom stereocenters. The Morgan fingerprint density at radius 2 is 1.90 bits per heavy atom. The maximum atomic E-state index is 13.2. The molecule has 1 aromatic carbocycles. The van der Waals surface area contributed by atoms with E-state index in [0.29, 0.717) is 32.7 Å². The lowest BCUT2D eigenvalue weighted by molar-refractivity contribution is -0.142. The van der Waals surface area contributed by atoms with Crippen LogP contribution in [0, 0.1) is 0 Å². The Hall–Kier alpha value is -1.11. The van der Waals surface area contributed by atoms with Gasteiger partial charge >= 0.3 is 6.18 Å². The Morgan fingerprint density at radius 1 is 1.29 bits per heavy atom. The number of rotatable bonds is 4. The van der Waals surface area contributed by atoms with Crippen LogP contribution >= 0.6 is 0 Å². The zero-order valence-electron chi connectivity index (χ0n) is 12.0. The maximum Gasteiger partial charge on any atom is 0.416 e. The summed E-state index contributed by atoms with van der Waals surface area (Å²) >= 11 is 0. The SMILES string of the molecule is CCOC1(C(N)c2ccccc2C(F)(F)F)CCOCC1. The van der Waals surface area contributed by atoms with Gasteiger partial charge in [0.15, 0.2) is 0 Å². The highest BCUT2D eigenvalue weighted by atomic mass is 19.4. The van der Waals surface area contributed by atoms with E-state index in [1.807, 2.05) is 6.92 Å². The van der Waals surface area contributed by atoms with Crippen LogP contribution in [0.2, 0.25) is 0 Å². The zero-order chi connectivity index (χ0) is 15.5. The molecule has 0 saturated carbocycles. The highest BCUT2D eigenvalue weighted by Gasteiger charge is 2.44. The topological polar surface area (TPSA) is 44.5 Å². The highest BCUT2D eigenvalue weighted by molar-refractivity contribution is 5.34. The van der Waals surface area contributed by atoms with Crippen LogP contribution in [0.25, 0.3) is 0 Å². The number of hydrogen-bond donors (Lipinski definition) is 1. The monoisotopic (exact) mass is 303 g/mol. The summed E-state index contributed by atoms with van der Waals surface area (Å²) in [6.07, 6.45) is -3.44. The number of benzene rings is 1. The van der Waals surface area contributed by atoms with Crippen molar-refractivity contribution in [2.45, 2.75) is 37.6 Å². The molecule has 1 aromatic rings. The van der Waals surface area contributed by atoms with E-state index in [4.69, 9.17) is 15.2 Å². The van der Waals surface area contributed by atoms with Crippen molar-refractivity contribution in [3.05, 3.63) is 35.4 Å². The summed E-state index contributed by atoms with van der Waals surface area (Å²) < 4.78 is 50.6. The summed E-state index contributed by atoms with van der Waals surface area (Å²) in [6, 6.07) is 4.61. The molecule has 1 aliphatic rings. The van der Waals surface area contributed by atoms with Crippen molar-refractivity contribution in [3.63, 3.8) is 0 Å². The molecule has 0 spiro atoms. The predicted octanol–water partition coefficient (Wildman–Crippen LogP) is 3.29. The van der Waals surface area contributed by atoms with Gasteiger partial charge < -0.3 is 15.2 Å². The Balaban J connectivity index is 2.39. The Morgan fingerprint density at radius 3 is 2.48 bits per heavy atom. The molecule has 1 saturated heterocycles. The number of nitrogens with two attached hydrogens (primary N) is 1. The molecule has 1 fully saturated rings. The van der Waals surface area contributed by atoms with Gasteiger partial charge in [0.2, 0.25) is 0 Å². The Labute approximate surface area is 122 Å². The summed E-state index contributed by atoms with van der Waals surface area (Å²) in [5.41, 5.74) is 4.80. The van der Waals surface area contributed by atoms with Gasteiger partial charge in [-0.2, -0.15) is 13.2 Å². The lowest BCUT2D eigenvalue weighted by Gasteiger charge is -2.42. The molecule has 1 aliphatic heterocycles. The molecule has 2 rings (SSSR count). The normalized spacial score (nSPS) is 20.2. The number of hydrogen-bond acceptors (Lipinski definition) is 3. The standard InChI is InChI=1S/C15H20F3NO2/c1-2-21-14(7-9-20-10-8-14)13(19)11-5-3-4-6-12(11)15(16,17)18/h3-6,13H,2,7-10,19H2,1H3. The first kappa shape index (κ1) is 16.3. The average molecular weight is 303 g/mol. The summed E-state index contributed by atoms with van der Waals surface area (Å²) in [5.74, 6) is 0. The minimum absolute atomic E-state index is 0.0837. The molecule has 0 aliphatic carbocycles. The number of ether oxygens (including phenoxy) is 2. The Bertz CT molecular complexity index is 465. The third-order valence-corrected chi connectivity index (χ3v) is 3.94. The molecule has 0 aromatic heterocycles. The first-order valence-corrected chi connectivity index (χ1v) is 7.04. The van der Waals surface area contributed by atoms with E-state index in [2.05, 4.69) is 0 Å². The van der Waals surface area contributed by atoms with E-state index in [9.17, 15) is 13.2 Å². The summed E-state index contributed by atoms with van der Waals surface area (Å²) in [4.78, 5) is 0. The molecule has 1 atom stereocenters. The minimum atomic E-state index is -4.42. The van der Waals surface area contributed by atoms with Gasteiger partial charge in [-0.15, -0.1) is 0 Å². The quantitative estimate of drug-likeness (QED) is 0.928. The van der Waals surface area contributed by atoms with Crippen molar-refractivity contribution < 1.29 is 22.6 Å². The van der Waals surface area contributed by atoms with Crippen LogP contribution in [0.3, 0.4) is 0 Å². The first-order chi connectivity index (χ1) is 9.91. The van der Waals surface area contributed by atoms with E-state index in [-0.39, 0.29) is 5.56 Å². The smallest absolute Gasteiger partial charge is 0.381 e. The van der Waals surface area contributed by atoms with Gasteiger partial charge in [-0.3, -0.25) is 0 Å². The second-order valence-electron chi connectivity index (χ2n) is 5.17. The van der Waals surface area contributed by atoms with Crippen molar-refractivity contribution in [2.24, 2.45) is 5.73 Å². The number of alkyl halides is 3. The molecule has 3 nitrogen and oxygen atoms in total. The van der Waals surface area contributed by atoms with Crippen LogP contribution < -0.4 is 5.73 Å². The molecule has 118 valence electrons. The van der Waals surface area contributed by atoms with E-state index >= 15 is 0 Å². The van der Waals surface area contributed by atoms with Crippen LogP contribution in [0.15, 0.2) is 24.3 Å². The van der Waals surface area contributed by atoms with Gasteiger partial charge in [-0.25, -0.2) is 0 Å². The fraction of sp³-hybridized carbons (Fsp3) is 0.600. The summed E-state index contributed by atoms with van der Waals surface area (Å²) in [5, 5.41) is 0. The molecular formula is C15H20F3NO2. The summed E-state index contributed by atoms with van der Waals surface area (Å²) in [6.45, 7) is 3.12. The van der Waals surface area contributed by atoms with Crippen LogP contribution in [0.1, 0.15) is 36.9 Å². The highest BCUT2D eigenvalue weighted by Crippen LogP contribution is 2.41. The molecular weight excluding hydrogens is 283 g/mol. The Kier molecular flexibility index (Phi) is 4.91. The molecule has 0 bridgehead atoms. The van der Waals surface area contributed by atoms with Crippen molar-refractivity contribution >= 4 is 0 Å². The molecule has 21 heavy (non-hydrogen) atoms. The second-order valence-corrected chi connectivity index (χ2v) is 5.17. The van der Waals surface area contributed by atoms with Gasteiger partial charge in [0, 0.05) is 32.7 Å². The molecule has 6 heteroatoms. The van der Waals surface area contributed by atoms with Crippen molar-refractivity contribution in [1.29, 1.82) is 0 Å². The van der Waals surface area contributed by atoms with E-state index in [0.717, 1.165) is 6.07 Å². The van der Waals surface area contributed by atoms with Gasteiger partial charge in [-0.1, -0.05) is 18.2 Å². The van der Waals surface area contributed by atoms with Crippen LogP contribution in [0.4, 0.5) is 13.2 Å². The molecule has 2 N–H and O–H groups in total. The second kappa shape index (κ2) is 6.34. The van der Waals surface area contributed by atoms with Crippen molar-refractivity contribution in [3.8, 4) is 0 Å². The average Bonchev–Trinajstić information content (AvgIpc) is 2.47. The third kappa shape index (κ3) is 3.39. The number of halogens is 3. The fourth-order valence-electron chi connectivity index (χ4n) is 2.86. The zero-order valence-corrected chi connectivity index (χ0v) is 12.0. The predicted molar refractivity (Wildman–Crippen MR) is 72.8 cm³/mol. The van der Waals surface area contributed by atoms with Crippen LogP contribution in [-0.4, -0.2) is 25.4 Å².